The van der Waals surface area contributed by atoms with Crippen LogP contribution in [0.1, 0.15) is 5.82 Å². The maximum atomic E-state index is 5.82. The summed E-state index contributed by atoms with van der Waals surface area (Å²) in [7, 11) is 0. The Balaban J connectivity index is 1.85. The predicted molar refractivity (Wildman–Crippen MR) is 86.5 cm³/mol. The maximum absolute atomic E-state index is 5.82. The van der Waals surface area contributed by atoms with E-state index in [1.54, 1.807) is 0 Å². The van der Waals surface area contributed by atoms with Gasteiger partial charge in [0.05, 0.1) is 11.0 Å². The van der Waals surface area contributed by atoms with E-state index in [9.17, 15) is 0 Å². The van der Waals surface area contributed by atoms with Gasteiger partial charge < -0.3 is 14.7 Å². The Morgan fingerprint density at radius 3 is 2.77 bits per heavy atom. The number of nitrogens with zero attached hydrogens (tertiary/aromatic N) is 3. The topological polar surface area (TPSA) is 69.9 Å². The van der Waals surface area contributed by atoms with Gasteiger partial charge in [0.1, 0.15) is 11.3 Å². The summed E-state index contributed by atoms with van der Waals surface area (Å²) in [6.45, 7) is 3.36. The average Bonchev–Trinajstić information content (AvgIpc) is 3.09. The van der Waals surface area contributed by atoms with Gasteiger partial charge in [-0.3, -0.25) is 0 Å². The molecule has 5 nitrogen and oxygen atoms in total. The van der Waals surface area contributed by atoms with Crippen molar-refractivity contribution in [3.63, 3.8) is 0 Å². The van der Waals surface area contributed by atoms with Crippen LogP contribution in [0.25, 0.3) is 33.6 Å². The lowest BCUT2D eigenvalue weighted by molar-refractivity contribution is 0.620. The summed E-state index contributed by atoms with van der Waals surface area (Å²) >= 11 is 0. The molecule has 2 aromatic carbocycles. The van der Waals surface area contributed by atoms with Crippen LogP contribution in [0, 0.1) is 6.92 Å². The largest absolute Gasteiger partial charge is 0.436 e. The number of imidazole rings is 1. The molecule has 0 amide bonds. The van der Waals surface area contributed by atoms with Crippen molar-refractivity contribution in [1.29, 1.82) is 0 Å². The highest BCUT2D eigenvalue weighted by Gasteiger charge is 2.12. The van der Waals surface area contributed by atoms with E-state index in [0.717, 1.165) is 40.1 Å². The Bertz CT molecular complexity index is 934. The first-order valence-corrected chi connectivity index (χ1v) is 7.29. The number of aromatic nitrogens is 3. The van der Waals surface area contributed by atoms with Gasteiger partial charge in [0.15, 0.2) is 5.58 Å². The molecule has 0 aliphatic heterocycles. The van der Waals surface area contributed by atoms with Gasteiger partial charge in [0.25, 0.3) is 0 Å². The molecular formula is C17H16N4O. The highest BCUT2D eigenvalue weighted by atomic mass is 16.3. The van der Waals surface area contributed by atoms with Crippen LogP contribution in [0.5, 0.6) is 0 Å². The molecule has 2 aromatic heterocycles. The third kappa shape index (κ3) is 1.98. The minimum atomic E-state index is 0.596. The quantitative estimate of drug-likeness (QED) is 0.630. The summed E-state index contributed by atoms with van der Waals surface area (Å²) in [5.74, 6) is 1.59. The fourth-order valence-electron chi connectivity index (χ4n) is 2.79. The molecule has 2 heterocycles. The molecular weight excluding hydrogens is 276 g/mol. The number of para-hydroxylation sites is 2. The number of hydrogen-bond donors (Lipinski definition) is 1. The van der Waals surface area contributed by atoms with Crippen LogP contribution in [-0.4, -0.2) is 21.1 Å². The number of fused-ring (bicyclic) bond motifs is 2. The van der Waals surface area contributed by atoms with Gasteiger partial charge in [-0.1, -0.05) is 12.1 Å². The van der Waals surface area contributed by atoms with Crippen LogP contribution >= 0.6 is 0 Å². The standard InChI is InChI=1S/C17H16N4O/c1-11-19-14-10-12(6-7-15(14)21(11)9-8-18)17-20-13-4-2-3-5-16(13)22-17/h2-7,10H,8-9,18H2,1H3. The molecule has 2 N–H and O–H groups in total. The Morgan fingerprint density at radius 2 is 1.95 bits per heavy atom. The van der Waals surface area contributed by atoms with Gasteiger partial charge in [-0.25, -0.2) is 9.97 Å². The third-order valence-corrected chi connectivity index (χ3v) is 3.83. The van der Waals surface area contributed by atoms with Gasteiger partial charge in [0.2, 0.25) is 5.89 Å². The summed E-state index contributed by atoms with van der Waals surface area (Å²) in [5.41, 5.74) is 10.3. The molecule has 0 saturated carbocycles. The van der Waals surface area contributed by atoms with Crippen molar-refractivity contribution >= 4 is 22.1 Å². The lowest BCUT2D eigenvalue weighted by Crippen LogP contribution is -2.10. The number of aryl methyl sites for hydroxylation is 1. The zero-order valence-electron chi connectivity index (χ0n) is 12.3. The second-order valence-electron chi connectivity index (χ2n) is 5.29. The monoisotopic (exact) mass is 292 g/mol. The van der Waals surface area contributed by atoms with E-state index in [4.69, 9.17) is 10.2 Å². The van der Waals surface area contributed by atoms with Crippen molar-refractivity contribution < 1.29 is 4.42 Å². The maximum Gasteiger partial charge on any atom is 0.227 e. The van der Waals surface area contributed by atoms with Crippen LogP contribution in [0.3, 0.4) is 0 Å². The van der Waals surface area contributed by atoms with E-state index in [2.05, 4.69) is 20.6 Å². The van der Waals surface area contributed by atoms with Gasteiger partial charge in [-0.2, -0.15) is 0 Å². The zero-order valence-corrected chi connectivity index (χ0v) is 12.3. The first-order valence-electron chi connectivity index (χ1n) is 7.29. The lowest BCUT2D eigenvalue weighted by Gasteiger charge is -2.04. The first kappa shape index (κ1) is 13.0. The van der Waals surface area contributed by atoms with Crippen LogP contribution in [-0.2, 0) is 6.54 Å². The Hall–Kier alpha value is -2.66. The van der Waals surface area contributed by atoms with E-state index >= 15 is 0 Å². The fraction of sp³-hybridized carbons (Fsp3) is 0.176. The summed E-state index contributed by atoms with van der Waals surface area (Å²) < 4.78 is 7.95. The van der Waals surface area contributed by atoms with Crippen LogP contribution < -0.4 is 5.73 Å². The van der Waals surface area contributed by atoms with E-state index in [-0.39, 0.29) is 0 Å². The third-order valence-electron chi connectivity index (χ3n) is 3.83. The average molecular weight is 292 g/mol. The summed E-state index contributed by atoms with van der Waals surface area (Å²) in [4.78, 5) is 9.14. The molecule has 0 fully saturated rings. The SMILES string of the molecule is Cc1nc2cc(-c3nc4ccccc4o3)ccc2n1CCN. The summed E-state index contributed by atoms with van der Waals surface area (Å²) in [6.07, 6.45) is 0. The van der Waals surface area contributed by atoms with Gasteiger partial charge >= 0.3 is 0 Å². The first-order chi connectivity index (χ1) is 10.8. The van der Waals surface area contributed by atoms with E-state index in [0.29, 0.717) is 12.4 Å². The zero-order chi connectivity index (χ0) is 15.1. The van der Waals surface area contributed by atoms with Gasteiger partial charge in [0, 0.05) is 18.7 Å². The van der Waals surface area contributed by atoms with Crippen LogP contribution in [0.2, 0.25) is 0 Å². The minimum Gasteiger partial charge on any atom is -0.436 e. The Kier molecular flexibility index (Phi) is 2.94. The fourth-order valence-corrected chi connectivity index (χ4v) is 2.79. The van der Waals surface area contributed by atoms with Crippen molar-refractivity contribution in [3.05, 3.63) is 48.3 Å². The van der Waals surface area contributed by atoms with E-state index < -0.39 is 0 Å². The molecule has 0 radical (unpaired) electrons. The molecule has 110 valence electrons. The molecule has 0 unspecified atom stereocenters. The van der Waals surface area contributed by atoms with Crippen LogP contribution in [0.15, 0.2) is 46.9 Å². The van der Waals surface area contributed by atoms with Crippen molar-refractivity contribution in [1.82, 2.24) is 14.5 Å². The molecule has 4 rings (SSSR count). The van der Waals surface area contributed by atoms with Crippen LogP contribution in [0.4, 0.5) is 0 Å². The minimum absolute atomic E-state index is 0.596. The molecule has 0 saturated heterocycles. The van der Waals surface area contributed by atoms with Crippen molar-refractivity contribution in [3.8, 4) is 11.5 Å². The van der Waals surface area contributed by atoms with Crippen molar-refractivity contribution in [2.45, 2.75) is 13.5 Å². The van der Waals surface area contributed by atoms with Gasteiger partial charge in [-0.05, 0) is 37.3 Å². The Labute approximate surface area is 127 Å². The smallest absolute Gasteiger partial charge is 0.227 e. The molecule has 0 spiro atoms. The molecule has 0 aliphatic rings. The second kappa shape index (κ2) is 4.96. The predicted octanol–water partition coefficient (Wildman–Crippen LogP) is 3.11. The lowest BCUT2D eigenvalue weighted by atomic mass is 10.2. The number of nitrogens with two attached hydrogens (primary N) is 1. The molecule has 5 heteroatoms. The number of hydrogen-bond acceptors (Lipinski definition) is 4. The number of rotatable bonds is 3. The normalized spacial score (nSPS) is 11.5. The van der Waals surface area contributed by atoms with E-state index in [1.165, 1.54) is 0 Å². The van der Waals surface area contributed by atoms with E-state index in [1.807, 2.05) is 43.3 Å². The Morgan fingerprint density at radius 1 is 1.09 bits per heavy atom. The number of oxazole rings is 1. The molecule has 0 atom stereocenters. The molecule has 0 aliphatic carbocycles. The highest BCUT2D eigenvalue weighted by molar-refractivity contribution is 5.83. The van der Waals surface area contributed by atoms with Gasteiger partial charge in [-0.15, -0.1) is 0 Å². The highest BCUT2D eigenvalue weighted by Crippen LogP contribution is 2.27. The molecule has 0 bridgehead atoms. The van der Waals surface area contributed by atoms with Crippen molar-refractivity contribution in [2.75, 3.05) is 6.54 Å². The number of benzene rings is 2. The summed E-state index contributed by atoms with van der Waals surface area (Å²) in [5, 5.41) is 0. The molecule has 22 heavy (non-hydrogen) atoms. The van der Waals surface area contributed by atoms with Crippen molar-refractivity contribution in [2.24, 2.45) is 5.73 Å². The molecule has 4 aromatic rings. The second-order valence-corrected chi connectivity index (χ2v) is 5.29. The summed E-state index contributed by atoms with van der Waals surface area (Å²) in [6, 6.07) is 13.8.